The van der Waals surface area contributed by atoms with Crippen LogP contribution < -0.4 is 5.32 Å². The standard InChI is InChI=1S/C11H19Cl2NO2/c1-2-11(7-12,8-13)14-10(15)6-9-4-3-5-16-9/h9H,2-8H2,1H3,(H,14,15). The smallest absolute Gasteiger partial charge is 0.223 e. The normalized spacial score (nSPS) is 21.1. The highest BCUT2D eigenvalue weighted by atomic mass is 35.5. The van der Waals surface area contributed by atoms with E-state index in [0.717, 1.165) is 25.9 Å². The largest absolute Gasteiger partial charge is 0.378 e. The molecule has 0 aromatic carbocycles. The first kappa shape index (κ1) is 14.1. The van der Waals surface area contributed by atoms with Crippen LogP contribution in [-0.2, 0) is 9.53 Å². The van der Waals surface area contributed by atoms with Crippen molar-refractivity contribution in [2.75, 3.05) is 18.4 Å². The lowest BCUT2D eigenvalue weighted by Gasteiger charge is -2.30. The van der Waals surface area contributed by atoms with Crippen LogP contribution in [0.25, 0.3) is 0 Å². The van der Waals surface area contributed by atoms with Gasteiger partial charge in [-0.1, -0.05) is 6.92 Å². The molecule has 0 bridgehead atoms. The van der Waals surface area contributed by atoms with E-state index in [4.69, 9.17) is 27.9 Å². The summed E-state index contributed by atoms with van der Waals surface area (Å²) in [6.45, 7) is 2.74. The summed E-state index contributed by atoms with van der Waals surface area (Å²) in [5, 5.41) is 2.92. The maximum absolute atomic E-state index is 11.8. The fraction of sp³-hybridized carbons (Fsp3) is 0.909. The molecule has 1 amide bonds. The van der Waals surface area contributed by atoms with Crippen LogP contribution in [-0.4, -0.2) is 35.9 Å². The van der Waals surface area contributed by atoms with Crippen LogP contribution in [0.4, 0.5) is 0 Å². The average Bonchev–Trinajstić information content (AvgIpc) is 2.79. The molecule has 16 heavy (non-hydrogen) atoms. The lowest BCUT2D eigenvalue weighted by atomic mass is 10.0. The second-order valence-electron chi connectivity index (χ2n) is 4.29. The molecule has 0 radical (unpaired) electrons. The van der Waals surface area contributed by atoms with Crippen LogP contribution in [0.15, 0.2) is 0 Å². The zero-order valence-corrected chi connectivity index (χ0v) is 11.1. The van der Waals surface area contributed by atoms with Gasteiger partial charge in [-0.25, -0.2) is 0 Å². The third-order valence-electron chi connectivity index (χ3n) is 3.03. The van der Waals surface area contributed by atoms with Crippen molar-refractivity contribution in [2.24, 2.45) is 0 Å². The van der Waals surface area contributed by atoms with Gasteiger partial charge in [0.15, 0.2) is 0 Å². The summed E-state index contributed by atoms with van der Waals surface area (Å²) in [6, 6.07) is 0. The van der Waals surface area contributed by atoms with Gasteiger partial charge in [-0.2, -0.15) is 0 Å². The number of halogens is 2. The fourth-order valence-electron chi connectivity index (χ4n) is 1.74. The van der Waals surface area contributed by atoms with Crippen molar-refractivity contribution >= 4 is 29.1 Å². The fourth-order valence-corrected chi connectivity index (χ4v) is 2.54. The van der Waals surface area contributed by atoms with Gasteiger partial charge in [-0.05, 0) is 19.3 Å². The Labute approximate surface area is 107 Å². The molecule has 1 saturated heterocycles. The van der Waals surface area contributed by atoms with Crippen LogP contribution in [0.3, 0.4) is 0 Å². The van der Waals surface area contributed by atoms with Crippen molar-refractivity contribution in [1.82, 2.24) is 5.32 Å². The summed E-state index contributed by atoms with van der Waals surface area (Å²) in [7, 11) is 0. The molecular weight excluding hydrogens is 249 g/mol. The highest BCUT2D eigenvalue weighted by molar-refractivity contribution is 6.22. The second kappa shape index (κ2) is 6.67. The highest BCUT2D eigenvalue weighted by Crippen LogP contribution is 2.18. The molecule has 1 unspecified atom stereocenters. The topological polar surface area (TPSA) is 38.3 Å². The van der Waals surface area contributed by atoms with Crippen molar-refractivity contribution in [3.8, 4) is 0 Å². The number of carbonyl (C=O) groups is 1. The first-order valence-corrected chi connectivity index (χ1v) is 6.77. The molecule has 1 aliphatic heterocycles. The number of amides is 1. The Morgan fingerprint density at radius 2 is 2.19 bits per heavy atom. The van der Waals surface area contributed by atoms with Gasteiger partial charge in [0.25, 0.3) is 0 Å². The number of carbonyl (C=O) groups excluding carboxylic acids is 1. The molecule has 5 heteroatoms. The SMILES string of the molecule is CCC(CCl)(CCl)NC(=O)CC1CCCO1. The maximum atomic E-state index is 11.8. The van der Waals surface area contributed by atoms with Gasteiger partial charge in [0, 0.05) is 18.4 Å². The zero-order valence-electron chi connectivity index (χ0n) is 9.60. The van der Waals surface area contributed by atoms with Crippen LogP contribution in [0.5, 0.6) is 0 Å². The number of ether oxygens (including phenoxy) is 1. The number of rotatable bonds is 6. The lowest BCUT2D eigenvalue weighted by Crippen LogP contribution is -2.51. The molecule has 1 heterocycles. The highest BCUT2D eigenvalue weighted by Gasteiger charge is 2.29. The minimum Gasteiger partial charge on any atom is -0.378 e. The molecule has 94 valence electrons. The first-order valence-electron chi connectivity index (χ1n) is 5.70. The van der Waals surface area contributed by atoms with Gasteiger partial charge in [-0.3, -0.25) is 4.79 Å². The van der Waals surface area contributed by atoms with E-state index in [1.54, 1.807) is 0 Å². The number of hydrogen-bond donors (Lipinski definition) is 1. The summed E-state index contributed by atoms with van der Waals surface area (Å²) in [6.07, 6.45) is 3.23. The second-order valence-corrected chi connectivity index (χ2v) is 4.82. The lowest BCUT2D eigenvalue weighted by molar-refractivity contribution is -0.124. The molecule has 0 saturated carbocycles. The van der Waals surface area contributed by atoms with Crippen molar-refractivity contribution in [1.29, 1.82) is 0 Å². The molecule has 0 aromatic rings. The Kier molecular flexibility index (Phi) is 5.87. The molecular formula is C11H19Cl2NO2. The average molecular weight is 268 g/mol. The van der Waals surface area contributed by atoms with E-state index in [9.17, 15) is 4.79 Å². The summed E-state index contributed by atoms with van der Waals surface area (Å²) in [5.41, 5.74) is -0.473. The van der Waals surface area contributed by atoms with Crippen LogP contribution in [0, 0.1) is 0 Å². The quantitative estimate of drug-likeness (QED) is 0.751. The van der Waals surface area contributed by atoms with Crippen LogP contribution in [0.2, 0.25) is 0 Å². The van der Waals surface area contributed by atoms with E-state index in [1.807, 2.05) is 6.92 Å². The van der Waals surface area contributed by atoms with Crippen molar-refractivity contribution in [2.45, 2.75) is 44.2 Å². The molecule has 1 aliphatic rings. The van der Waals surface area contributed by atoms with Gasteiger partial charge in [0.05, 0.1) is 18.1 Å². The first-order chi connectivity index (χ1) is 7.65. The van der Waals surface area contributed by atoms with Crippen molar-refractivity contribution < 1.29 is 9.53 Å². The van der Waals surface area contributed by atoms with E-state index in [0.29, 0.717) is 18.2 Å². The maximum Gasteiger partial charge on any atom is 0.223 e. The van der Waals surface area contributed by atoms with Crippen LogP contribution in [0.1, 0.15) is 32.6 Å². The molecule has 0 aliphatic carbocycles. The van der Waals surface area contributed by atoms with E-state index in [1.165, 1.54) is 0 Å². The minimum absolute atomic E-state index is 0.0185. The Hall–Kier alpha value is 0.01000. The molecule has 1 N–H and O–H groups in total. The summed E-state index contributed by atoms with van der Waals surface area (Å²) in [4.78, 5) is 11.8. The number of alkyl halides is 2. The van der Waals surface area contributed by atoms with E-state index in [-0.39, 0.29) is 12.0 Å². The minimum atomic E-state index is -0.473. The molecule has 0 spiro atoms. The van der Waals surface area contributed by atoms with Gasteiger partial charge in [-0.15, -0.1) is 23.2 Å². The Bertz CT molecular complexity index is 218. The monoisotopic (exact) mass is 267 g/mol. The summed E-state index contributed by atoms with van der Waals surface area (Å²) >= 11 is 11.7. The van der Waals surface area contributed by atoms with Gasteiger partial charge < -0.3 is 10.1 Å². The van der Waals surface area contributed by atoms with Gasteiger partial charge in [0.2, 0.25) is 5.91 Å². The third-order valence-corrected chi connectivity index (χ3v) is 4.05. The predicted octanol–water partition coefficient (Wildman–Crippen LogP) is 2.30. The number of hydrogen-bond acceptors (Lipinski definition) is 2. The molecule has 3 nitrogen and oxygen atoms in total. The Morgan fingerprint density at radius 1 is 1.50 bits per heavy atom. The predicted molar refractivity (Wildman–Crippen MR) is 66.2 cm³/mol. The molecule has 1 fully saturated rings. The van der Waals surface area contributed by atoms with E-state index < -0.39 is 5.54 Å². The molecule has 0 aromatic heterocycles. The van der Waals surface area contributed by atoms with Crippen molar-refractivity contribution in [3.63, 3.8) is 0 Å². The number of nitrogens with one attached hydrogen (secondary N) is 1. The molecule has 1 atom stereocenters. The third kappa shape index (κ3) is 3.79. The van der Waals surface area contributed by atoms with E-state index in [2.05, 4.69) is 5.32 Å². The Morgan fingerprint density at radius 3 is 2.62 bits per heavy atom. The van der Waals surface area contributed by atoms with E-state index >= 15 is 0 Å². The van der Waals surface area contributed by atoms with Crippen LogP contribution >= 0.6 is 23.2 Å². The molecule has 1 rings (SSSR count). The van der Waals surface area contributed by atoms with Gasteiger partial charge >= 0.3 is 0 Å². The Balaban J connectivity index is 2.41. The van der Waals surface area contributed by atoms with Crippen molar-refractivity contribution in [3.05, 3.63) is 0 Å². The summed E-state index contributed by atoms with van der Waals surface area (Å²) in [5.74, 6) is 0.657. The zero-order chi connectivity index (χ0) is 12.0. The van der Waals surface area contributed by atoms with Gasteiger partial charge in [0.1, 0.15) is 0 Å². The summed E-state index contributed by atoms with van der Waals surface area (Å²) < 4.78 is 5.41.